The van der Waals surface area contributed by atoms with Gasteiger partial charge in [0.15, 0.2) is 0 Å². The van der Waals surface area contributed by atoms with Crippen LogP contribution in [-0.4, -0.2) is 12.3 Å². The van der Waals surface area contributed by atoms with Crippen molar-refractivity contribution in [2.75, 3.05) is 4.90 Å². The van der Waals surface area contributed by atoms with Crippen LogP contribution in [0.1, 0.15) is 23.6 Å². The molecule has 2 aromatic rings. The molecule has 0 spiro atoms. The van der Waals surface area contributed by atoms with Crippen LogP contribution in [0.5, 0.6) is 0 Å². The molecule has 0 aliphatic carbocycles. The average Bonchev–Trinajstić information content (AvgIpc) is 2.62. The summed E-state index contributed by atoms with van der Waals surface area (Å²) in [6, 6.07) is 16.6. The van der Waals surface area contributed by atoms with Gasteiger partial charge in [0.25, 0.3) is 0 Å². The summed E-state index contributed by atoms with van der Waals surface area (Å²) in [7, 11) is 0. The van der Waals surface area contributed by atoms with E-state index in [-0.39, 0.29) is 6.04 Å². The summed E-state index contributed by atoms with van der Waals surface area (Å²) in [5.41, 5.74) is 4.96. The molecule has 2 heteroatoms. The lowest BCUT2D eigenvalue weighted by molar-refractivity contribution is -0.108. The minimum absolute atomic E-state index is 0.234. The van der Waals surface area contributed by atoms with Gasteiger partial charge >= 0.3 is 0 Å². The van der Waals surface area contributed by atoms with Crippen molar-refractivity contribution >= 4 is 12.0 Å². The number of carbonyl (C=O) groups is 1. The maximum Gasteiger partial charge on any atom is 0.146 e. The summed E-state index contributed by atoms with van der Waals surface area (Å²) < 4.78 is 0. The number of aldehydes is 1. The quantitative estimate of drug-likeness (QED) is 0.768. The molecular formula is C21H21NO. The number of allylic oxidation sites excluding steroid dienone is 2. The van der Waals surface area contributed by atoms with Crippen molar-refractivity contribution in [3.05, 3.63) is 89.6 Å². The summed E-state index contributed by atoms with van der Waals surface area (Å²) in [4.78, 5) is 13.6. The number of hydrogen-bond acceptors (Lipinski definition) is 2. The van der Waals surface area contributed by atoms with Gasteiger partial charge in [-0.2, -0.15) is 0 Å². The number of aryl methyl sites for hydroxylation is 1. The molecule has 0 aromatic heterocycles. The molecule has 2 aromatic carbocycles. The van der Waals surface area contributed by atoms with E-state index in [2.05, 4.69) is 54.3 Å². The van der Waals surface area contributed by atoms with Crippen LogP contribution in [0.15, 0.2) is 73.0 Å². The lowest BCUT2D eigenvalue weighted by Gasteiger charge is -2.31. The zero-order valence-corrected chi connectivity index (χ0v) is 13.4. The Morgan fingerprint density at radius 2 is 1.78 bits per heavy atom. The van der Waals surface area contributed by atoms with Gasteiger partial charge in [-0.1, -0.05) is 67.6 Å². The highest BCUT2D eigenvalue weighted by atomic mass is 16.1. The van der Waals surface area contributed by atoms with E-state index < -0.39 is 0 Å². The first-order valence-electron chi connectivity index (χ1n) is 8.06. The summed E-state index contributed by atoms with van der Waals surface area (Å²) in [6.45, 7) is 2.16. The summed E-state index contributed by atoms with van der Waals surface area (Å²) >= 11 is 0. The van der Waals surface area contributed by atoms with Crippen LogP contribution in [-0.2, 0) is 17.6 Å². The normalized spacial score (nSPS) is 16.6. The van der Waals surface area contributed by atoms with Gasteiger partial charge in [-0.15, -0.1) is 0 Å². The van der Waals surface area contributed by atoms with Gasteiger partial charge in [0.1, 0.15) is 12.3 Å². The number of nitrogens with zero attached hydrogens (tertiary/aromatic N) is 1. The predicted molar refractivity (Wildman–Crippen MR) is 95.7 cm³/mol. The Hall–Kier alpha value is -2.61. The zero-order valence-electron chi connectivity index (χ0n) is 13.4. The molecule has 0 saturated heterocycles. The Balaban J connectivity index is 2.05. The smallest absolute Gasteiger partial charge is 0.146 e. The van der Waals surface area contributed by atoms with Crippen LogP contribution in [0.3, 0.4) is 0 Å². The van der Waals surface area contributed by atoms with E-state index in [1.165, 1.54) is 16.7 Å². The molecule has 2 nitrogen and oxygen atoms in total. The Morgan fingerprint density at radius 3 is 2.52 bits per heavy atom. The second kappa shape index (κ2) is 7.10. The summed E-state index contributed by atoms with van der Waals surface area (Å²) in [5, 5.41) is 0. The lowest BCUT2D eigenvalue weighted by Crippen LogP contribution is -2.33. The molecule has 116 valence electrons. The molecule has 0 N–H and O–H groups in total. The second-order valence-corrected chi connectivity index (χ2v) is 5.70. The maximum atomic E-state index is 11.5. The van der Waals surface area contributed by atoms with Gasteiger partial charge < -0.3 is 9.69 Å². The Bertz CT molecular complexity index is 731. The third-order valence-corrected chi connectivity index (χ3v) is 4.21. The zero-order chi connectivity index (χ0) is 16.1. The van der Waals surface area contributed by atoms with Gasteiger partial charge in [0, 0.05) is 11.9 Å². The van der Waals surface area contributed by atoms with E-state index >= 15 is 0 Å². The number of anilines is 1. The van der Waals surface area contributed by atoms with E-state index in [1.54, 1.807) is 0 Å². The molecule has 0 amide bonds. The molecule has 0 fully saturated rings. The maximum absolute atomic E-state index is 11.5. The highest BCUT2D eigenvalue weighted by Gasteiger charge is 2.20. The number of hydrogen-bond donors (Lipinski definition) is 0. The molecule has 0 bridgehead atoms. The monoisotopic (exact) mass is 303 g/mol. The van der Waals surface area contributed by atoms with E-state index in [4.69, 9.17) is 0 Å². The SMILES string of the molecule is CCc1cccc(Cc2ccccc2)c1N1C=CC=CC1C=O. The Kier molecular flexibility index (Phi) is 4.72. The minimum atomic E-state index is -0.234. The van der Waals surface area contributed by atoms with Crippen LogP contribution in [0.4, 0.5) is 5.69 Å². The molecule has 1 unspecified atom stereocenters. The lowest BCUT2D eigenvalue weighted by atomic mass is 9.97. The van der Waals surface area contributed by atoms with Crippen molar-refractivity contribution < 1.29 is 4.79 Å². The van der Waals surface area contributed by atoms with Crippen LogP contribution in [0.25, 0.3) is 0 Å². The first-order valence-corrected chi connectivity index (χ1v) is 8.06. The van der Waals surface area contributed by atoms with Gasteiger partial charge in [-0.25, -0.2) is 0 Å². The summed E-state index contributed by atoms with van der Waals surface area (Å²) in [5.74, 6) is 0. The highest BCUT2D eigenvalue weighted by Crippen LogP contribution is 2.31. The van der Waals surface area contributed by atoms with Gasteiger partial charge in [-0.3, -0.25) is 0 Å². The Morgan fingerprint density at radius 1 is 1.00 bits per heavy atom. The minimum Gasteiger partial charge on any atom is -0.334 e. The number of benzene rings is 2. The molecule has 3 rings (SSSR count). The summed E-state index contributed by atoms with van der Waals surface area (Å²) in [6.07, 6.45) is 10.7. The molecule has 0 radical (unpaired) electrons. The van der Waals surface area contributed by atoms with E-state index in [0.29, 0.717) is 0 Å². The Labute approximate surface area is 137 Å². The predicted octanol–water partition coefficient (Wildman–Crippen LogP) is 4.30. The van der Waals surface area contributed by atoms with Crippen LogP contribution >= 0.6 is 0 Å². The van der Waals surface area contributed by atoms with Crippen molar-refractivity contribution in [1.82, 2.24) is 0 Å². The van der Waals surface area contributed by atoms with Crippen molar-refractivity contribution in [2.45, 2.75) is 25.8 Å². The first-order chi connectivity index (χ1) is 11.3. The van der Waals surface area contributed by atoms with E-state index in [0.717, 1.165) is 24.8 Å². The van der Waals surface area contributed by atoms with E-state index in [9.17, 15) is 4.79 Å². The molecule has 1 aliphatic heterocycles. The molecule has 1 atom stereocenters. The van der Waals surface area contributed by atoms with Crippen LogP contribution in [0, 0.1) is 0 Å². The fraction of sp³-hybridized carbons (Fsp3) is 0.190. The molecule has 1 aliphatic rings. The molecule has 23 heavy (non-hydrogen) atoms. The largest absolute Gasteiger partial charge is 0.334 e. The molecule has 0 saturated carbocycles. The second-order valence-electron chi connectivity index (χ2n) is 5.70. The van der Waals surface area contributed by atoms with Crippen molar-refractivity contribution in [3.8, 4) is 0 Å². The van der Waals surface area contributed by atoms with Gasteiger partial charge in [0.05, 0.1) is 0 Å². The highest BCUT2D eigenvalue weighted by molar-refractivity contribution is 5.75. The fourth-order valence-electron chi connectivity index (χ4n) is 3.07. The van der Waals surface area contributed by atoms with Crippen LogP contribution in [0.2, 0.25) is 0 Å². The fourth-order valence-corrected chi connectivity index (χ4v) is 3.07. The third kappa shape index (κ3) is 3.26. The number of rotatable bonds is 5. The number of carbonyl (C=O) groups excluding carboxylic acids is 1. The van der Waals surface area contributed by atoms with Gasteiger partial charge in [-0.05, 0) is 35.6 Å². The standard InChI is InChI=1S/C21H21NO/c1-2-18-11-8-12-19(15-17-9-4-3-5-10-17)21(18)22-14-7-6-13-20(22)16-23/h3-14,16,20H,2,15H2,1H3. The number of para-hydroxylation sites is 1. The van der Waals surface area contributed by atoms with Crippen molar-refractivity contribution in [2.24, 2.45) is 0 Å². The first kappa shape index (κ1) is 15.3. The van der Waals surface area contributed by atoms with Crippen molar-refractivity contribution in [1.29, 1.82) is 0 Å². The van der Waals surface area contributed by atoms with E-state index in [1.807, 2.05) is 30.5 Å². The average molecular weight is 303 g/mol. The van der Waals surface area contributed by atoms with Crippen LogP contribution < -0.4 is 4.90 Å². The van der Waals surface area contributed by atoms with Gasteiger partial charge in [0.2, 0.25) is 0 Å². The third-order valence-electron chi connectivity index (χ3n) is 4.21. The topological polar surface area (TPSA) is 20.3 Å². The molecule has 1 heterocycles. The van der Waals surface area contributed by atoms with Crippen molar-refractivity contribution in [3.63, 3.8) is 0 Å². The molecular weight excluding hydrogens is 282 g/mol.